The van der Waals surface area contributed by atoms with Gasteiger partial charge in [-0.2, -0.15) is 4.57 Å². The summed E-state index contributed by atoms with van der Waals surface area (Å²) in [6, 6.07) is 5.92. The fourth-order valence-electron chi connectivity index (χ4n) is 4.87. The van der Waals surface area contributed by atoms with Crippen LogP contribution in [-0.4, -0.2) is 33.2 Å². The molecule has 2 aromatic rings. The van der Waals surface area contributed by atoms with Gasteiger partial charge in [0.2, 0.25) is 0 Å². The predicted molar refractivity (Wildman–Crippen MR) is 94.5 cm³/mol. The number of aromatic hydroxyl groups is 1. The van der Waals surface area contributed by atoms with Crippen LogP contribution < -0.4 is 28.5 Å². The normalized spacial score (nSPS) is 26.0. The molecule has 1 aliphatic carbocycles. The standard InChI is InChI=1S/C20H25N3O2.HI/c1-19(2)17-12-14-15(6-5-7-16(14)24)20(19,3)8-9-23(17)18(25)22-11-10-21(4)13-22;/h5-7,10-11,13,17H,8-9,12H2,1-4H3;1H/t17-,20+;/m1./s1. The molecule has 5 nitrogen and oxygen atoms in total. The van der Waals surface area contributed by atoms with Gasteiger partial charge in [-0.15, -0.1) is 0 Å². The molecule has 1 N–H and O–H groups in total. The molecular formula is C20H26IN3O2. The van der Waals surface area contributed by atoms with Crippen molar-refractivity contribution in [2.45, 2.75) is 45.1 Å². The molecule has 1 aromatic heterocycles. The van der Waals surface area contributed by atoms with Crippen LogP contribution in [0.3, 0.4) is 0 Å². The monoisotopic (exact) mass is 467 g/mol. The molecule has 4 rings (SSSR count). The van der Waals surface area contributed by atoms with Crippen LogP contribution in [0.4, 0.5) is 4.79 Å². The van der Waals surface area contributed by atoms with Crippen molar-refractivity contribution in [1.29, 1.82) is 0 Å². The first kappa shape index (κ1) is 19.2. The number of aromatic nitrogens is 2. The number of carbonyl (C=O) groups is 1. The first-order chi connectivity index (χ1) is 11.8. The van der Waals surface area contributed by atoms with Gasteiger partial charge in [0.1, 0.15) is 18.1 Å². The lowest BCUT2D eigenvalue weighted by atomic mass is 9.51. The molecule has 2 heterocycles. The van der Waals surface area contributed by atoms with Crippen molar-refractivity contribution in [3.8, 4) is 5.75 Å². The molecule has 1 aromatic carbocycles. The van der Waals surface area contributed by atoms with Gasteiger partial charge in [-0.3, -0.25) is 0 Å². The highest BCUT2D eigenvalue weighted by atomic mass is 127. The van der Waals surface area contributed by atoms with Crippen molar-refractivity contribution in [3.63, 3.8) is 0 Å². The zero-order valence-electron chi connectivity index (χ0n) is 15.7. The SMILES string of the molecule is C[n+]1ccn(C(=O)N2CC[C@@]3(C)c4cccc(O)c4C[C@@H]2C3(C)C)c1.[I-]. The number of likely N-dealkylation sites (tertiary alicyclic amines) is 1. The average Bonchev–Trinajstić information content (AvgIpc) is 2.98. The van der Waals surface area contributed by atoms with Crippen molar-refractivity contribution in [1.82, 2.24) is 9.47 Å². The Balaban J connectivity index is 0.00000196. The summed E-state index contributed by atoms with van der Waals surface area (Å²) >= 11 is 0. The molecule has 140 valence electrons. The van der Waals surface area contributed by atoms with E-state index in [1.165, 1.54) is 5.56 Å². The Bertz CT molecular complexity index is 860. The summed E-state index contributed by atoms with van der Waals surface area (Å²) < 4.78 is 3.53. The van der Waals surface area contributed by atoms with E-state index in [9.17, 15) is 9.90 Å². The Kier molecular flexibility index (Phi) is 4.61. The maximum Gasteiger partial charge on any atom is 0.416 e. The third-order valence-electron chi connectivity index (χ3n) is 6.86. The zero-order chi connectivity index (χ0) is 18.0. The summed E-state index contributed by atoms with van der Waals surface area (Å²) in [4.78, 5) is 15.1. The number of amides is 1. The lowest BCUT2D eigenvalue weighted by Gasteiger charge is -2.60. The largest absolute Gasteiger partial charge is 1.00 e. The Morgan fingerprint density at radius 3 is 2.69 bits per heavy atom. The summed E-state index contributed by atoms with van der Waals surface area (Å²) in [5, 5.41) is 10.4. The smallest absolute Gasteiger partial charge is 0.416 e. The third kappa shape index (κ3) is 2.48. The van der Waals surface area contributed by atoms with Crippen molar-refractivity contribution in [2.24, 2.45) is 12.5 Å². The maximum absolute atomic E-state index is 13.1. The number of hydrogen-bond acceptors (Lipinski definition) is 2. The van der Waals surface area contributed by atoms with Crippen LogP contribution in [0.25, 0.3) is 0 Å². The van der Waals surface area contributed by atoms with E-state index < -0.39 is 0 Å². The summed E-state index contributed by atoms with van der Waals surface area (Å²) in [5.74, 6) is 0.353. The van der Waals surface area contributed by atoms with E-state index in [1.54, 1.807) is 23.2 Å². The lowest BCUT2D eigenvalue weighted by molar-refractivity contribution is -0.670. The van der Waals surface area contributed by atoms with Crippen molar-refractivity contribution in [3.05, 3.63) is 48.0 Å². The third-order valence-corrected chi connectivity index (χ3v) is 6.86. The number of nitrogens with zero attached hydrogens (tertiary/aromatic N) is 3. The van der Waals surface area contributed by atoms with E-state index in [0.717, 1.165) is 18.5 Å². The summed E-state index contributed by atoms with van der Waals surface area (Å²) in [5.41, 5.74) is 2.12. The minimum atomic E-state index is -0.0724. The molecule has 0 radical (unpaired) electrons. The number of benzene rings is 1. The second-order valence-electron chi connectivity index (χ2n) is 8.29. The Morgan fingerprint density at radius 1 is 1.31 bits per heavy atom. The highest BCUT2D eigenvalue weighted by molar-refractivity contribution is 5.77. The number of piperidine rings is 1. The van der Waals surface area contributed by atoms with Crippen LogP contribution in [-0.2, 0) is 18.9 Å². The summed E-state index contributed by atoms with van der Waals surface area (Å²) in [7, 11) is 1.91. The van der Waals surface area contributed by atoms with Gasteiger partial charge < -0.3 is 34.0 Å². The summed E-state index contributed by atoms with van der Waals surface area (Å²) in [6.07, 6.45) is 7.07. The first-order valence-electron chi connectivity index (χ1n) is 8.91. The number of phenols is 1. The van der Waals surface area contributed by atoms with Gasteiger partial charge in [-0.1, -0.05) is 32.9 Å². The molecule has 26 heavy (non-hydrogen) atoms. The quantitative estimate of drug-likeness (QED) is 0.424. The molecule has 2 atom stereocenters. The average molecular weight is 467 g/mol. The zero-order valence-corrected chi connectivity index (χ0v) is 17.9. The van der Waals surface area contributed by atoms with Crippen LogP contribution >= 0.6 is 0 Å². The Hall–Kier alpha value is -1.57. The molecular weight excluding hydrogens is 441 g/mol. The van der Waals surface area contributed by atoms with Crippen molar-refractivity contribution >= 4 is 6.03 Å². The number of halogens is 1. The van der Waals surface area contributed by atoms with E-state index >= 15 is 0 Å². The molecule has 2 aliphatic rings. The van der Waals surface area contributed by atoms with Crippen LogP contribution in [0.2, 0.25) is 0 Å². The number of imidazole rings is 1. The van der Waals surface area contributed by atoms with E-state index in [4.69, 9.17) is 0 Å². The first-order valence-corrected chi connectivity index (χ1v) is 8.91. The Morgan fingerprint density at radius 2 is 2.04 bits per heavy atom. The number of hydrogen-bond donors (Lipinski definition) is 1. The number of rotatable bonds is 0. The molecule has 1 amide bonds. The van der Waals surface area contributed by atoms with Crippen LogP contribution in [0, 0.1) is 5.41 Å². The van der Waals surface area contributed by atoms with Gasteiger partial charge in [0.05, 0.1) is 7.05 Å². The van der Waals surface area contributed by atoms with E-state index in [0.29, 0.717) is 12.2 Å². The second kappa shape index (κ2) is 6.25. The molecule has 0 saturated carbocycles. The highest BCUT2D eigenvalue weighted by Crippen LogP contribution is 2.57. The van der Waals surface area contributed by atoms with Gasteiger partial charge in [0.25, 0.3) is 6.33 Å². The highest BCUT2D eigenvalue weighted by Gasteiger charge is 2.57. The molecule has 0 unspecified atom stereocenters. The fraction of sp³-hybridized carbons (Fsp3) is 0.500. The number of phenolic OH excluding ortho intramolecular Hbond substituents is 1. The second-order valence-corrected chi connectivity index (χ2v) is 8.29. The number of fused-ring (bicyclic) bond motifs is 4. The van der Waals surface area contributed by atoms with Crippen molar-refractivity contribution in [2.75, 3.05) is 6.54 Å². The van der Waals surface area contributed by atoms with Gasteiger partial charge in [-0.25, -0.2) is 9.36 Å². The topological polar surface area (TPSA) is 49.3 Å². The van der Waals surface area contributed by atoms with Gasteiger partial charge in [-0.05, 0) is 35.4 Å². The minimum Gasteiger partial charge on any atom is -1.00 e. The molecule has 1 fully saturated rings. The molecule has 6 heteroatoms. The van der Waals surface area contributed by atoms with Gasteiger partial charge >= 0.3 is 6.03 Å². The van der Waals surface area contributed by atoms with E-state index in [1.807, 2.05) is 28.8 Å². The maximum atomic E-state index is 13.1. The molecule has 1 aliphatic heterocycles. The predicted octanol–water partition coefficient (Wildman–Crippen LogP) is -0.395. The van der Waals surface area contributed by atoms with Crippen LogP contribution in [0.15, 0.2) is 36.9 Å². The number of carbonyl (C=O) groups excluding carboxylic acids is 1. The van der Waals surface area contributed by atoms with E-state index in [2.05, 4.69) is 26.8 Å². The fourth-order valence-corrected chi connectivity index (χ4v) is 4.87. The van der Waals surface area contributed by atoms with E-state index in [-0.39, 0.29) is 46.9 Å². The van der Waals surface area contributed by atoms with Crippen LogP contribution in [0.5, 0.6) is 5.75 Å². The van der Waals surface area contributed by atoms with Crippen LogP contribution in [0.1, 0.15) is 38.3 Å². The minimum absolute atomic E-state index is 0. The lowest BCUT2D eigenvalue weighted by Crippen LogP contribution is -3.00. The van der Waals surface area contributed by atoms with Crippen molar-refractivity contribution < 1.29 is 38.4 Å². The molecule has 2 bridgehead atoms. The van der Waals surface area contributed by atoms with Gasteiger partial charge in [0.15, 0.2) is 0 Å². The molecule has 0 spiro atoms. The van der Waals surface area contributed by atoms with Gasteiger partial charge in [0, 0.05) is 18.0 Å². The summed E-state index contributed by atoms with van der Waals surface area (Å²) in [6.45, 7) is 7.55. The Labute approximate surface area is 171 Å². The number of aryl methyl sites for hydroxylation is 1. The molecule has 1 saturated heterocycles.